The van der Waals surface area contributed by atoms with Crippen molar-refractivity contribution in [2.45, 2.75) is 12.5 Å². The summed E-state index contributed by atoms with van der Waals surface area (Å²) in [4.78, 5) is 11.8. The van der Waals surface area contributed by atoms with Gasteiger partial charge in [-0.1, -0.05) is 24.3 Å². The van der Waals surface area contributed by atoms with E-state index >= 15 is 0 Å². The molecule has 0 aromatic heterocycles. The third-order valence-corrected chi connectivity index (χ3v) is 3.87. The van der Waals surface area contributed by atoms with Gasteiger partial charge in [0.1, 0.15) is 11.6 Å². The number of amides is 1. The zero-order valence-corrected chi connectivity index (χ0v) is 13.0. The molecule has 5 heteroatoms. The van der Waals surface area contributed by atoms with Crippen molar-refractivity contribution in [1.82, 2.24) is 5.32 Å². The molecule has 1 atom stereocenters. The number of rotatable bonds is 5. The van der Waals surface area contributed by atoms with Crippen molar-refractivity contribution < 1.29 is 19.0 Å². The van der Waals surface area contributed by atoms with Crippen molar-refractivity contribution >= 4 is 12.0 Å². The van der Waals surface area contributed by atoms with Crippen LogP contribution in [0, 0.1) is 5.82 Å². The van der Waals surface area contributed by atoms with Crippen molar-refractivity contribution in [1.29, 1.82) is 0 Å². The summed E-state index contributed by atoms with van der Waals surface area (Å²) in [5, 5.41) is 12.5. The Morgan fingerprint density at radius 2 is 2.17 bits per heavy atom. The van der Waals surface area contributed by atoms with Gasteiger partial charge in [0.05, 0.1) is 12.7 Å². The van der Waals surface area contributed by atoms with Crippen molar-refractivity contribution in [2.75, 3.05) is 13.2 Å². The summed E-state index contributed by atoms with van der Waals surface area (Å²) in [5.74, 6) is 0.0573. The molecule has 0 radical (unpaired) electrons. The van der Waals surface area contributed by atoms with Crippen LogP contribution in [-0.4, -0.2) is 24.2 Å². The standard InChI is InChI=1S/C19H18FNO3/c20-16-4-2-1-3-15(16)17(22)12-21-19(23)8-6-13-5-7-18-14(11-13)9-10-24-18/h1-8,11,17,22H,9-10,12H2,(H,21,23)/b8-6+. The summed E-state index contributed by atoms with van der Waals surface area (Å²) in [5.41, 5.74) is 2.21. The Labute approximate surface area is 139 Å². The second-order valence-corrected chi connectivity index (χ2v) is 5.58. The minimum Gasteiger partial charge on any atom is -0.493 e. The quantitative estimate of drug-likeness (QED) is 0.830. The maximum absolute atomic E-state index is 13.5. The number of nitrogens with one attached hydrogen (secondary N) is 1. The lowest BCUT2D eigenvalue weighted by atomic mass is 10.1. The summed E-state index contributed by atoms with van der Waals surface area (Å²) < 4.78 is 19.0. The van der Waals surface area contributed by atoms with E-state index in [1.807, 2.05) is 18.2 Å². The highest BCUT2D eigenvalue weighted by molar-refractivity contribution is 5.91. The summed E-state index contributed by atoms with van der Waals surface area (Å²) in [6.07, 6.45) is 2.88. The van der Waals surface area contributed by atoms with E-state index in [9.17, 15) is 14.3 Å². The fraction of sp³-hybridized carbons (Fsp3) is 0.211. The first-order valence-corrected chi connectivity index (χ1v) is 7.77. The molecule has 0 spiro atoms. The molecule has 1 aliphatic heterocycles. The third kappa shape index (κ3) is 3.81. The average Bonchev–Trinajstić information content (AvgIpc) is 3.06. The van der Waals surface area contributed by atoms with E-state index in [1.165, 1.54) is 18.2 Å². The number of aliphatic hydroxyl groups is 1. The third-order valence-electron chi connectivity index (χ3n) is 3.87. The zero-order valence-electron chi connectivity index (χ0n) is 13.0. The van der Waals surface area contributed by atoms with Crippen molar-refractivity contribution in [3.63, 3.8) is 0 Å². The van der Waals surface area contributed by atoms with E-state index in [0.29, 0.717) is 6.61 Å². The molecule has 3 rings (SSSR count). The first kappa shape index (κ1) is 16.2. The average molecular weight is 327 g/mol. The molecule has 1 unspecified atom stereocenters. The summed E-state index contributed by atoms with van der Waals surface area (Å²) >= 11 is 0. The molecule has 0 fully saturated rings. The molecule has 2 aromatic carbocycles. The Hall–Kier alpha value is -2.66. The Balaban J connectivity index is 1.55. The van der Waals surface area contributed by atoms with Crippen LogP contribution in [0.2, 0.25) is 0 Å². The topological polar surface area (TPSA) is 58.6 Å². The second-order valence-electron chi connectivity index (χ2n) is 5.58. The van der Waals surface area contributed by atoms with Crippen molar-refractivity contribution in [3.8, 4) is 5.75 Å². The van der Waals surface area contributed by atoms with Gasteiger partial charge in [0, 0.05) is 24.6 Å². The number of carbonyl (C=O) groups excluding carboxylic acids is 1. The van der Waals surface area contributed by atoms with Crippen LogP contribution < -0.4 is 10.1 Å². The number of halogens is 1. The molecule has 0 saturated heterocycles. The highest BCUT2D eigenvalue weighted by Crippen LogP contribution is 2.26. The van der Waals surface area contributed by atoms with E-state index in [4.69, 9.17) is 4.74 Å². The van der Waals surface area contributed by atoms with Gasteiger partial charge in [0.25, 0.3) is 0 Å². The van der Waals surface area contributed by atoms with E-state index in [0.717, 1.165) is 23.3 Å². The van der Waals surface area contributed by atoms with Crippen LogP contribution in [0.25, 0.3) is 6.08 Å². The molecule has 0 aliphatic carbocycles. The van der Waals surface area contributed by atoms with Gasteiger partial charge >= 0.3 is 0 Å². The number of fused-ring (bicyclic) bond motifs is 1. The number of carbonyl (C=O) groups is 1. The van der Waals surface area contributed by atoms with Crippen LogP contribution in [0.4, 0.5) is 4.39 Å². The van der Waals surface area contributed by atoms with Crippen LogP contribution in [-0.2, 0) is 11.2 Å². The lowest BCUT2D eigenvalue weighted by molar-refractivity contribution is -0.116. The maximum atomic E-state index is 13.5. The summed E-state index contributed by atoms with van der Waals surface area (Å²) in [7, 11) is 0. The SMILES string of the molecule is O=C(/C=C/c1ccc2c(c1)CCO2)NCC(O)c1ccccc1F. The molecule has 0 bridgehead atoms. The van der Waals surface area contributed by atoms with Gasteiger partial charge in [-0.2, -0.15) is 0 Å². The van der Waals surface area contributed by atoms with Gasteiger partial charge in [0.15, 0.2) is 0 Å². The van der Waals surface area contributed by atoms with E-state index in [-0.39, 0.29) is 18.0 Å². The van der Waals surface area contributed by atoms with Gasteiger partial charge in [-0.15, -0.1) is 0 Å². The van der Waals surface area contributed by atoms with E-state index in [1.54, 1.807) is 18.2 Å². The Morgan fingerprint density at radius 3 is 3.00 bits per heavy atom. The molecule has 4 nitrogen and oxygen atoms in total. The molecular formula is C19H18FNO3. The summed E-state index contributed by atoms with van der Waals surface area (Å²) in [6.45, 7) is 0.638. The zero-order chi connectivity index (χ0) is 16.9. The van der Waals surface area contributed by atoms with Crippen molar-refractivity contribution in [3.05, 3.63) is 71.0 Å². The van der Waals surface area contributed by atoms with Crippen LogP contribution >= 0.6 is 0 Å². The predicted molar refractivity (Wildman–Crippen MR) is 89.0 cm³/mol. The Kier molecular flexibility index (Phi) is 4.91. The lowest BCUT2D eigenvalue weighted by Crippen LogP contribution is -2.27. The van der Waals surface area contributed by atoms with E-state index < -0.39 is 11.9 Å². The predicted octanol–water partition coefficient (Wildman–Crippen LogP) is 2.62. The maximum Gasteiger partial charge on any atom is 0.244 e. The lowest BCUT2D eigenvalue weighted by Gasteiger charge is -2.12. The van der Waals surface area contributed by atoms with E-state index in [2.05, 4.69) is 5.32 Å². The van der Waals surface area contributed by atoms with Gasteiger partial charge in [0.2, 0.25) is 5.91 Å². The van der Waals surface area contributed by atoms with Crippen molar-refractivity contribution in [2.24, 2.45) is 0 Å². The monoisotopic (exact) mass is 327 g/mol. The number of benzene rings is 2. The van der Waals surface area contributed by atoms with Gasteiger partial charge in [-0.25, -0.2) is 4.39 Å². The first-order chi connectivity index (χ1) is 11.6. The molecule has 124 valence electrons. The minimum absolute atomic E-state index is 0.0534. The molecular weight excluding hydrogens is 309 g/mol. The number of ether oxygens (including phenoxy) is 1. The molecule has 1 amide bonds. The molecule has 0 saturated carbocycles. The highest BCUT2D eigenvalue weighted by atomic mass is 19.1. The molecule has 2 aromatic rings. The minimum atomic E-state index is -1.08. The number of aliphatic hydroxyl groups excluding tert-OH is 1. The second kappa shape index (κ2) is 7.27. The molecule has 1 heterocycles. The summed E-state index contributed by atoms with van der Waals surface area (Å²) in [6, 6.07) is 11.7. The first-order valence-electron chi connectivity index (χ1n) is 7.77. The molecule has 1 aliphatic rings. The van der Waals surface area contributed by atoms with Gasteiger partial charge in [-0.05, 0) is 35.4 Å². The van der Waals surface area contributed by atoms with Gasteiger partial charge in [-0.3, -0.25) is 4.79 Å². The number of hydrogen-bond acceptors (Lipinski definition) is 3. The normalized spacial score (nSPS) is 14.2. The van der Waals surface area contributed by atoms with Crippen LogP contribution in [0.5, 0.6) is 5.75 Å². The van der Waals surface area contributed by atoms with Crippen LogP contribution in [0.1, 0.15) is 22.8 Å². The molecule has 24 heavy (non-hydrogen) atoms. The van der Waals surface area contributed by atoms with Gasteiger partial charge < -0.3 is 15.2 Å². The Morgan fingerprint density at radius 1 is 1.33 bits per heavy atom. The Bertz CT molecular complexity index is 773. The number of hydrogen-bond donors (Lipinski definition) is 2. The highest BCUT2D eigenvalue weighted by Gasteiger charge is 2.13. The van der Waals surface area contributed by atoms with Crippen LogP contribution in [0.15, 0.2) is 48.5 Å². The largest absolute Gasteiger partial charge is 0.493 e. The molecule has 2 N–H and O–H groups in total. The fourth-order valence-electron chi connectivity index (χ4n) is 2.59. The smallest absolute Gasteiger partial charge is 0.244 e. The van der Waals surface area contributed by atoms with Crippen LogP contribution in [0.3, 0.4) is 0 Å². The fourth-order valence-corrected chi connectivity index (χ4v) is 2.59.